The largest absolute Gasteiger partial charge is 0.573 e. The van der Waals surface area contributed by atoms with E-state index in [-0.39, 0.29) is 17.3 Å². The first-order valence-corrected chi connectivity index (χ1v) is 15.5. The molecule has 1 aromatic heterocycles. The molecule has 1 atom stereocenters. The zero-order valence-electron chi connectivity index (χ0n) is 25.4. The predicted molar refractivity (Wildman–Crippen MR) is 171 cm³/mol. The number of aryl methyl sites for hydroxylation is 2. The lowest BCUT2D eigenvalue weighted by molar-refractivity contribution is -0.274. The molecule has 8 nitrogen and oxygen atoms in total. The van der Waals surface area contributed by atoms with E-state index in [9.17, 15) is 18.0 Å². The van der Waals surface area contributed by atoms with Gasteiger partial charge in [-0.3, -0.25) is 0 Å². The summed E-state index contributed by atoms with van der Waals surface area (Å²) in [4.78, 5) is 19.3. The van der Waals surface area contributed by atoms with Gasteiger partial charge in [0.2, 0.25) is 0 Å². The highest BCUT2D eigenvalue weighted by atomic mass is 32.2. The van der Waals surface area contributed by atoms with Crippen molar-refractivity contribution < 1.29 is 22.7 Å². The standard InChI is InChI=1S/C33H35F3N6O2S/c1-21(2)28-16-7-22(3)18-29(28)42-23(4)19-45-32(42)39-31(43)37-17-5-6-24-8-10-25(11-9-24)30-38-20-41(40-30)26-12-14-27(15-13-26)44-33(34,35)36/h7-16,18-21,32H,5-6,17H2,1-4H3,(H2,37,39,43). The first-order valence-electron chi connectivity index (χ1n) is 14.6. The molecular weight excluding hydrogens is 601 g/mol. The van der Waals surface area contributed by atoms with Gasteiger partial charge in [0.15, 0.2) is 11.3 Å². The normalized spacial score (nSPS) is 14.9. The molecule has 45 heavy (non-hydrogen) atoms. The molecule has 1 unspecified atom stereocenters. The molecule has 0 spiro atoms. The van der Waals surface area contributed by atoms with Crippen LogP contribution in [-0.4, -0.2) is 39.2 Å². The van der Waals surface area contributed by atoms with Gasteiger partial charge in [-0.1, -0.05) is 62.0 Å². The van der Waals surface area contributed by atoms with E-state index in [0.29, 0.717) is 24.0 Å². The van der Waals surface area contributed by atoms with Crippen molar-refractivity contribution in [2.45, 2.75) is 58.3 Å². The highest BCUT2D eigenvalue weighted by Crippen LogP contribution is 2.38. The van der Waals surface area contributed by atoms with E-state index in [1.165, 1.54) is 46.4 Å². The molecule has 0 bridgehead atoms. The molecule has 2 amide bonds. The number of allylic oxidation sites excluding steroid dienone is 1. The van der Waals surface area contributed by atoms with Gasteiger partial charge in [0.05, 0.1) is 5.69 Å². The summed E-state index contributed by atoms with van der Waals surface area (Å²) in [5.74, 6) is 0.542. The SMILES string of the molecule is CC1=CSC(NC(=O)NCCCc2ccc(-c3ncn(-c4ccc(OC(F)(F)F)cc4)n3)cc2)N1c1cc(C)ccc1C(C)C. The summed E-state index contributed by atoms with van der Waals surface area (Å²) < 4.78 is 42.6. The minimum Gasteiger partial charge on any atom is -0.406 e. The number of benzene rings is 3. The number of carbonyl (C=O) groups excluding carboxylic acids is 1. The van der Waals surface area contributed by atoms with E-state index in [1.54, 1.807) is 11.8 Å². The maximum atomic E-state index is 12.8. The summed E-state index contributed by atoms with van der Waals surface area (Å²) in [6, 6.07) is 19.5. The van der Waals surface area contributed by atoms with Crippen LogP contribution < -0.4 is 20.3 Å². The summed E-state index contributed by atoms with van der Waals surface area (Å²) in [5, 5.41) is 12.6. The van der Waals surface area contributed by atoms with E-state index in [2.05, 4.69) is 81.7 Å². The summed E-state index contributed by atoms with van der Waals surface area (Å²) >= 11 is 1.58. The van der Waals surface area contributed by atoms with Gasteiger partial charge in [0.1, 0.15) is 12.1 Å². The summed E-state index contributed by atoms with van der Waals surface area (Å²) in [6.45, 7) is 9.02. The fourth-order valence-electron chi connectivity index (χ4n) is 5.03. The number of rotatable bonds is 10. The van der Waals surface area contributed by atoms with Crippen LogP contribution in [0.15, 0.2) is 84.2 Å². The molecule has 2 N–H and O–H groups in total. The van der Waals surface area contributed by atoms with Crippen LogP contribution in [-0.2, 0) is 6.42 Å². The molecule has 236 valence electrons. The van der Waals surface area contributed by atoms with Crippen LogP contribution >= 0.6 is 11.8 Å². The fourth-order valence-corrected chi connectivity index (χ4v) is 6.05. The minimum absolute atomic E-state index is 0.209. The highest BCUT2D eigenvalue weighted by Gasteiger charge is 2.31. The van der Waals surface area contributed by atoms with Crippen molar-refractivity contribution in [2.24, 2.45) is 0 Å². The predicted octanol–water partition coefficient (Wildman–Crippen LogP) is 7.89. The number of ether oxygens (including phenoxy) is 1. The van der Waals surface area contributed by atoms with E-state index >= 15 is 0 Å². The number of hydrogen-bond donors (Lipinski definition) is 2. The number of aromatic nitrogens is 3. The molecule has 0 saturated heterocycles. The quantitative estimate of drug-likeness (QED) is 0.172. The Morgan fingerprint density at radius 3 is 2.47 bits per heavy atom. The molecule has 5 rings (SSSR count). The van der Waals surface area contributed by atoms with Crippen molar-refractivity contribution in [1.82, 2.24) is 25.4 Å². The number of urea groups is 1. The molecular formula is C33H35F3N6O2S. The van der Waals surface area contributed by atoms with Gasteiger partial charge in [0.25, 0.3) is 0 Å². The van der Waals surface area contributed by atoms with Gasteiger partial charge in [0, 0.05) is 23.5 Å². The van der Waals surface area contributed by atoms with Crippen molar-refractivity contribution in [1.29, 1.82) is 0 Å². The van der Waals surface area contributed by atoms with Crippen molar-refractivity contribution in [2.75, 3.05) is 11.4 Å². The molecule has 1 aliphatic heterocycles. The Kier molecular flexibility index (Phi) is 9.71. The topological polar surface area (TPSA) is 84.3 Å². The first kappa shape index (κ1) is 32.0. The molecule has 0 aliphatic carbocycles. The third kappa shape index (κ3) is 8.18. The van der Waals surface area contributed by atoms with Crippen molar-refractivity contribution in [3.05, 3.63) is 101 Å². The van der Waals surface area contributed by atoms with E-state index in [1.807, 2.05) is 24.3 Å². The van der Waals surface area contributed by atoms with Gasteiger partial charge in [-0.2, -0.15) is 0 Å². The van der Waals surface area contributed by atoms with E-state index in [0.717, 1.165) is 35.4 Å². The Morgan fingerprint density at radius 1 is 1.04 bits per heavy atom. The van der Waals surface area contributed by atoms with Crippen LogP contribution in [0.5, 0.6) is 5.75 Å². The van der Waals surface area contributed by atoms with Gasteiger partial charge in [-0.05, 0) is 85.0 Å². The number of nitrogens with zero attached hydrogens (tertiary/aromatic N) is 4. The maximum Gasteiger partial charge on any atom is 0.573 e. The van der Waals surface area contributed by atoms with E-state index in [4.69, 9.17) is 0 Å². The highest BCUT2D eigenvalue weighted by molar-refractivity contribution is 8.03. The van der Waals surface area contributed by atoms with Gasteiger partial charge in [-0.15, -0.1) is 18.3 Å². The third-order valence-electron chi connectivity index (χ3n) is 7.27. The second-order valence-corrected chi connectivity index (χ2v) is 12.0. The smallest absolute Gasteiger partial charge is 0.406 e. The molecule has 2 heterocycles. The molecule has 4 aromatic rings. The summed E-state index contributed by atoms with van der Waals surface area (Å²) in [7, 11) is 0. The van der Waals surface area contributed by atoms with Crippen molar-refractivity contribution >= 4 is 23.5 Å². The lowest BCUT2D eigenvalue weighted by Gasteiger charge is -2.31. The van der Waals surface area contributed by atoms with E-state index < -0.39 is 6.36 Å². The molecule has 0 fully saturated rings. The Morgan fingerprint density at radius 2 is 1.78 bits per heavy atom. The number of halogens is 3. The zero-order valence-corrected chi connectivity index (χ0v) is 26.2. The van der Waals surface area contributed by atoms with Gasteiger partial charge >= 0.3 is 12.4 Å². The summed E-state index contributed by atoms with van der Waals surface area (Å²) in [5.41, 5.74) is 6.88. The average Bonchev–Trinajstić information content (AvgIpc) is 3.62. The third-order valence-corrected chi connectivity index (χ3v) is 8.33. The average molecular weight is 637 g/mol. The van der Waals surface area contributed by atoms with Crippen LogP contribution in [0.3, 0.4) is 0 Å². The maximum absolute atomic E-state index is 12.8. The number of thioether (sulfide) groups is 1. The molecule has 0 radical (unpaired) electrons. The Labute approximate surface area is 264 Å². The molecule has 1 aliphatic rings. The van der Waals surface area contributed by atoms with Gasteiger partial charge < -0.3 is 20.3 Å². The van der Waals surface area contributed by atoms with Crippen LogP contribution in [0.2, 0.25) is 0 Å². The van der Waals surface area contributed by atoms with Crippen LogP contribution in [0.25, 0.3) is 17.1 Å². The lowest BCUT2D eigenvalue weighted by Crippen LogP contribution is -2.47. The number of carbonyl (C=O) groups is 1. The number of alkyl halides is 3. The van der Waals surface area contributed by atoms with Crippen LogP contribution in [0.4, 0.5) is 23.7 Å². The molecule has 3 aromatic carbocycles. The number of nitrogens with one attached hydrogen (secondary N) is 2. The first-order chi connectivity index (χ1) is 21.5. The number of anilines is 1. The Hall–Kier alpha value is -4.45. The summed E-state index contributed by atoms with van der Waals surface area (Å²) in [6.07, 6.45) is -1.69. The lowest BCUT2D eigenvalue weighted by atomic mass is 9.98. The fraction of sp³-hybridized carbons (Fsp3) is 0.303. The van der Waals surface area contributed by atoms with Gasteiger partial charge in [-0.25, -0.2) is 14.5 Å². The minimum atomic E-state index is -4.74. The monoisotopic (exact) mass is 636 g/mol. The second-order valence-electron chi connectivity index (χ2n) is 11.1. The van der Waals surface area contributed by atoms with Crippen LogP contribution in [0.1, 0.15) is 49.8 Å². The second kappa shape index (κ2) is 13.7. The number of amides is 2. The molecule has 0 saturated carbocycles. The Balaban J connectivity index is 1.10. The van der Waals surface area contributed by atoms with Crippen molar-refractivity contribution in [3.63, 3.8) is 0 Å². The number of hydrogen-bond acceptors (Lipinski definition) is 6. The Bertz CT molecular complexity index is 1650. The van der Waals surface area contributed by atoms with Crippen molar-refractivity contribution in [3.8, 4) is 22.8 Å². The van der Waals surface area contributed by atoms with Crippen LogP contribution in [0, 0.1) is 6.92 Å². The molecule has 12 heteroatoms. The zero-order chi connectivity index (χ0) is 32.1.